The number of nitrogens with two attached hydrogens (primary N) is 1. The van der Waals surface area contributed by atoms with Crippen molar-refractivity contribution in [2.24, 2.45) is 5.73 Å². The predicted molar refractivity (Wildman–Crippen MR) is 41.9 cm³/mol. The summed E-state index contributed by atoms with van der Waals surface area (Å²) >= 11 is 0. The summed E-state index contributed by atoms with van der Waals surface area (Å²) in [6.45, 7) is 2.49. The zero-order chi connectivity index (χ0) is 8.69. The normalized spacial score (nSPS) is 9.18. The van der Waals surface area contributed by atoms with Crippen LogP contribution < -0.4 is 5.73 Å². The minimum atomic E-state index is -0.670. The molecule has 0 heterocycles. The van der Waals surface area contributed by atoms with E-state index >= 15 is 0 Å². The lowest BCUT2D eigenvalue weighted by Gasteiger charge is -2.10. The van der Waals surface area contributed by atoms with Crippen LogP contribution in [0, 0.1) is 0 Å². The molecule has 0 aliphatic heterocycles. The molecule has 0 fully saturated rings. The minimum absolute atomic E-state index is 0.437. The number of unbranched alkanes of at least 4 members (excludes halogenated alkanes) is 2. The molecule has 0 saturated carbocycles. The van der Waals surface area contributed by atoms with Crippen molar-refractivity contribution in [2.75, 3.05) is 6.54 Å². The Morgan fingerprint density at radius 2 is 2.18 bits per heavy atom. The Bertz CT molecular complexity index is 136. The van der Waals surface area contributed by atoms with E-state index in [2.05, 4.69) is 6.92 Å². The third-order valence-corrected chi connectivity index (χ3v) is 1.41. The van der Waals surface area contributed by atoms with E-state index in [0.29, 0.717) is 13.0 Å². The van der Waals surface area contributed by atoms with E-state index in [-0.39, 0.29) is 0 Å². The molecule has 0 saturated heterocycles. The van der Waals surface area contributed by atoms with Crippen molar-refractivity contribution >= 4 is 12.4 Å². The monoisotopic (exact) mass is 158 g/mol. The Kier molecular flexibility index (Phi) is 5.15. The fourth-order valence-electron chi connectivity index (χ4n) is 0.747. The van der Waals surface area contributed by atoms with Crippen LogP contribution in [0.1, 0.15) is 26.2 Å². The van der Waals surface area contributed by atoms with Crippen LogP contribution in [0.15, 0.2) is 0 Å². The maximum atomic E-state index is 10.4. The molecule has 0 rings (SSSR count). The van der Waals surface area contributed by atoms with Crippen LogP contribution in [-0.4, -0.2) is 23.9 Å². The van der Waals surface area contributed by atoms with E-state index < -0.39 is 6.03 Å². The molecule has 0 unspecified atom stereocenters. The number of carbonyl (C=O) groups is 2. The third-order valence-electron chi connectivity index (χ3n) is 1.41. The van der Waals surface area contributed by atoms with Gasteiger partial charge in [-0.2, -0.15) is 0 Å². The maximum absolute atomic E-state index is 10.4. The largest absolute Gasteiger partial charge is 0.351 e. The van der Waals surface area contributed by atoms with Gasteiger partial charge < -0.3 is 5.73 Å². The number of imide groups is 1. The quantitative estimate of drug-likeness (QED) is 0.473. The first-order valence-corrected chi connectivity index (χ1v) is 3.73. The summed E-state index contributed by atoms with van der Waals surface area (Å²) < 4.78 is 0. The molecule has 11 heavy (non-hydrogen) atoms. The highest BCUT2D eigenvalue weighted by atomic mass is 16.2. The third kappa shape index (κ3) is 4.36. The van der Waals surface area contributed by atoms with Gasteiger partial charge in [0.15, 0.2) is 0 Å². The van der Waals surface area contributed by atoms with Crippen molar-refractivity contribution in [2.45, 2.75) is 26.2 Å². The molecule has 0 radical (unpaired) electrons. The van der Waals surface area contributed by atoms with Crippen molar-refractivity contribution in [3.63, 3.8) is 0 Å². The van der Waals surface area contributed by atoms with Crippen molar-refractivity contribution in [3.05, 3.63) is 0 Å². The van der Waals surface area contributed by atoms with Crippen molar-refractivity contribution in [1.82, 2.24) is 4.90 Å². The van der Waals surface area contributed by atoms with Crippen LogP contribution in [0.2, 0.25) is 0 Å². The van der Waals surface area contributed by atoms with Crippen LogP contribution in [0.25, 0.3) is 0 Å². The lowest BCUT2D eigenvalue weighted by Crippen LogP contribution is -2.35. The van der Waals surface area contributed by atoms with Gasteiger partial charge in [-0.3, -0.25) is 9.69 Å². The number of primary amides is 1. The van der Waals surface area contributed by atoms with Crippen LogP contribution in [0.5, 0.6) is 0 Å². The molecule has 0 bridgehead atoms. The van der Waals surface area contributed by atoms with Crippen molar-refractivity contribution < 1.29 is 9.59 Å². The molecule has 0 atom stereocenters. The predicted octanol–water partition coefficient (Wildman–Crippen LogP) is 0.714. The summed E-state index contributed by atoms with van der Waals surface area (Å²) in [5, 5.41) is 0. The zero-order valence-corrected chi connectivity index (χ0v) is 6.75. The molecular formula is C7H14N2O2. The summed E-state index contributed by atoms with van der Waals surface area (Å²) in [7, 11) is 0. The zero-order valence-electron chi connectivity index (χ0n) is 6.75. The molecule has 2 N–H and O–H groups in total. The van der Waals surface area contributed by atoms with Gasteiger partial charge in [-0.15, -0.1) is 0 Å². The average Bonchev–Trinajstić information content (AvgIpc) is 1.97. The first-order valence-electron chi connectivity index (χ1n) is 3.73. The molecule has 0 aliphatic rings. The molecule has 0 aromatic rings. The Labute approximate surface area is 66.4 Å². The Morgan fingerprint density at radius 1 is 1.55 bits per heavy atom. The second-order valence-corrected chi connectivity index (χ2v) is 2.34. The van der Waals surface area contributed by atoms with Crippen LogP contribution >= 0.6 is 0 Å². The van der Waals surface area contributed by atoms with Gasteiger partial charge in [0, 0.05) is 6.54 Å². The number of amides is 3. The van der Waals surface area contributed by atoms with Crippen molar-refractivity contribution in [3.8, 4) is 0 Å². The average molecular weight is 158 g/mol. The van der Waals surface area contributed by atoms with Crippen LogP contribution in [-0.2, 0) is 4.79 Å². The fraction of sp³-hybridized carbons (Fsp3) is 0.714. The summed E-state index contributed by atoms with van der Waals surface area (Å²) in [5.74, 6) is 0. The maximum Gasteiger partial charge on any atom is 0.321 e. The fourth-order valence-corrected chi connectivity index (χ4v) is 0.747. The van der Waals surface area contributed by atoms with E-state index in [1.54, 1.807) is 0 Å². The summed E-state index contributed by atoms with van der Waals surface area (Å²) in [6, 6.07) is -0.670. The smallest absolute Gasteiger partial charge is 0.321 e. The molecule has 0 aromatic heterocycles. The Balaban J connectivity index is 3.52. The summed E-state index contributed by atoms with van der Waals surface area (Å²) in [5.41, 5.74) is 4.89. The van der Waals surface area contributed by atoms with Gasteiger partial charge >= 0.3 is 6.03 Å². The Hall–Kier alpha value is -1.06. The second-order valence-electron chi connectivity index (χ2n) is 2.34. The molecule has 3 amide bonds. The lowest BCUT2D eigenvalue weighted by molar-refractivity contribution is -0.115. The van der Waals surface area contributed by atoms with Gasteiger partial charge in [-0.1, -0.05) is 19.8 Å². The molecule has 0 aromatic carbocycles. The van der Waals surface area contributed by atoms with Gasteiger partial charge in [0.25, 0.3) is 0 Å². The van der Waals surface area contributed by atoms with E-state index in [9.17, 15) is 9.59 Å². The SMILES string of the molecule is CCCCCN(C=O)C(N)=O. The minimum Gasteiger partial charge on any atom is -0.351 e. The molecule has 0 aliphatic carbocycles. The van der Waals surface area contributed by atoms with Gasteiger partial charge in [0.1, 0.15) is 0 Å². The summed E-state index contributed by atoms with van der Waals surface area (Å²) in [6.07, 6.45) is 3.37. The number of rotatable bonds is 5. The molecule has 4 heteroatoms. The first kappa shape index (κ1) is 9.94. The number of hydrogen-bond donors (Lipinski definition) is 1. The van der Waals surface area contributed by atoms with Gasteiger partial charge in [-0.25, -0.2) is 4.79 Å². The first-order chi connectivity index (χ1) is 5.22. The van der Waals surface area contributed by atoms with E-state index in [0.717, 1.165) is 24.2 Å². The number of urea groups is 1. The standard InChI is InChI=1S/C7H14N2O2/c1-2-3-4-5-9(6-10)7(8)11/h6H,2-5H2,1H3,(H2,8,11). The number of nitrogens with zero attached hydrogens (tertiary/aromatic N) is 1. The lowest BCUT2D eigenvalue weighted by atomic mass is 10.2. The van der Waals surface area contributed by atoms with E-state index in [1.165, 1.54) is 0 Å². The number of hydrogen-bond acceptors (Lipinski definition) is 2. The molecular weight excluding hydrogens is 144 g/mol. The highest BCUT2D eigenvalue weighted by Gasteiger charge is 2.05. The summed E-state index contributed by atoms with van der Waals surface area (Å²) in [4.78, 5) is 21.6. The van der Waals surface area contributed by atoms with Crippen LogP contribution in [0.3, 0.4) is 0 Å². The second kappa shape index (κ2) is 5.70. The molecule has 4 nitrogen and oxygen atoms in total. The molecule has 64 valence electrons. The van der Waals surface area contributed by atoms with Crippen molar-refractivity contribution in [1.29, 1.82) is 0 Å². The van der Waals surface area contributed by atoms with Crippen LogP contribution in [0.4, 0.5) is 4.79 Å². The van der Waals surface area contributed by atoms with Gasteiger partial charge in [0.2, 0.25) is 6.41 Å². The Morgan fingerprint density at radius 3 is 2.55 bits per heavy atom. The van der Waals surface area contributed by atoms with E-state index in [4.69, 9.17) is 5.73 Å². The highest BCUT2D eigenvalue weighted by molar-refractivity contribution is 5.83. The number of carbonyl (C=O) groups excluding carboxylic acids is 2. The molecule has 0 spiro atoms. The van der Waals surface area contributed by atoms with Gasteiger partial charge in [0.05, 0.1) is 0 Å². The topological polar surface area (TPSA) is 63.4 Å². The van der Waals surface area contributed by atoms with E-state index in [1.807, 2.05) is 0 Å². The highest BCUT2D eigenvalue weighted by Crippen LogP contribution is 1.95. The van der Waals surface area contributed by atoms with Gasteiger partial charge in [-0.05, 0) is 6.42 Å².